The van der Waals surface area contributed by atoms with Crippen LogP contribution in [0.5, 0.6) is 0 Å². The summed E-state index contributed by atoms with van der Waals surface area (Å²) in [5.41, 5.74) is 0.0983. The Labute approximate surface area is 141 Å². The normalized spacial score (nSPS) is 17.9. The van der Waals surface area contributed by atoms with E-state index in [1.165, 1.54) is 11.1 Å². The number of hydrogen-bond donors (Lipinski definition) is 2. The van der Waals surface area contributed by atoms with Crippen molar-refractivity contribution in [3.63, 3.8) is 0 Å². The number of aromatic nitrogens is 1. The van der Waals surface area contributed by atoms with Gasteiger partial charge in [0, 0.05) is 23.2 Å². The van der Waals surface area contributed by atoms with Crippen LogP contribution in [-0.2, 0) is 9.53 Å². The number of morpholine rings is 1. The van der Waals surface area contributed by atoms with Crippen LogP contribution in [0.15, 0.2) is 29.2 Å². The number of pyridine rings is 1. The number of benzene rings is 1. The molecule has 1 amide bonds. The first-order chi connectivity index (χ1) is 11.5. The van der Waals surface area contributed by atoms with Crippen LogP contribution < -0.4 is 5.43 Å². The Morgan fingerprint density at radius 1 is 1.42 bits per heavy atom. The van der Waals surface area contributed by atoms with Crippen molar-refractivity contribution >= 4 is 34.4 Å². The third-order valence-electron chi connectivity index (χ3n) is 3.97. The van der Waals surface area contributed by atoms with Crippen molar-refractivity contribution in [3.05, 3.63) is 45.2 Å². The van der Waals surface area contributed by atoms with E-state index in [1.54, 1.807) is 18.2 Å². The molecule has 1 atom stereocenters. The number of fused-ring (bicyclic) bond motifs is 1. The highest BCUT2D eigenvalue weighted by molar-refractivity contribution is 6.31. The van der Waals surface area contributed by atoms with Gasteiger partial charge in [-0.25, -0.2) is 0 Å². The zero-order chi connectivity index (χ0) is 17.3. The summed E-state index contributed by atoms with van der Waals surface area (Å²) in [6.07, 6.45) is 1.11. The summed E-state index contributed by atoms with van der Waals surface area (Å²) in [5, 5.41) is 9.82. The van der Waals surface area contributed by atoms with Gasteiger partial charge in [-0.3, -0.25) is 14.4 Å². The fourth-order valence-electron chi connectivity index (χ4n) is 2.80. The fourth-order valence-corrected chi connectivity index (χ4v) is 2.97. The molecule has 8 heteroatoms. The third kappa shape index (κ3) is 3.13. The summed E-state index contributed by atoms with van der Waals surface area (Å²) in [4.78, 5) is 40.6. The Morgan fingerprint density at radius 3 is 2.96 bits per heavy atom. The van der Waals surface area contributed by atoms with Gasteiger partial charge in [-0.1, -0.05) is 11.6 Å². The lowest BCUT2D eigenvalue weighted by Gasteiger charge is -2.34. The maximum Gasteiger partial charge on any atom is 0.305 e. The minimum absolute atomic E-state index is 0.0258. The second kappa shape index (κ2) is 6.62. The second-order valence-electron chi connectivity index (χ2n) is 5.55. The highest BCUT2D eigenvalue weighted by Crippen LogP contribution is 2.17. The number of halogens is 1. The molecule has 1 aromatic heterocycles. The number of carboxylic acids is 1. The van der Waals surface area contributed by atoms with Crippen molar-refractivity contribution in [1.29, 1.82) is 0 Å². The number of aliphatic carboxylic acids is 1. The number of H-pyrrole nitrogens is 1. The van der Waals surface area contributed by atoms with Gasteiger partial charge in [0.2, 0.25) is 5.43 Å². The van der Waals surface area contributed by atoms with E-state index in [1.807, 2.05) is 0 Å². The number of carbonyl (C=O) groups is 2. The molecule has 0 bridgehead atoms. The van der Waals surface area contributed by atoms with Gasteiger partial charge in [-0.15, -0.1) is 0 Å². The first-order valence-corrected chi connectivity index (χ1v) is 7.76. The molecule has 0 unspecified atom stereocenters. The van der Waals surface area contributed by atoms with E-state index in [0.29, 0.717) is 22.5 Å². The molecule has 1 aromatic carbocycles. The topological polar surface area (TPSA) is 99.7 Å². The Balaban J connectivity index is 1.98. The molecule has 2 aromatic rings. The Bertz CT molecular complexity index is 863. The van der Waals surface area contributed by atoms with E-state index < -0.39 is 23.3 Å². The molecule has 0 spiro atoms. The van der Waals surface area contributed by atoms with Crippen molar-refractivity contribution < 1.29 is 19.4 Å². The highest BCUT2D eigenvalue weighted by atomic mass is 35.5. The van der Waals surface area contributed by atoms with Crippen molar-refractivity contribution in [2.75, 3.05) is 19.8 Å². The van der Waals surface area contributed by atoms with Gasteiger partial charge in [-0.2, -0.15) is 0 Å². The van der Waals surface area contributed by atoms with Crippen molar-refractivity contribution in [3.8, 4) is 0 Å². The highest BCUT2D eigenvalue weighted by Gasteiger charge is 2.31. The number of carboxylic acid groups (broad SMARTS) is 1. The van der Waals surface area contributed by atoms with Gasteiger partial charge in [0.15, 0.2) is 0 Å². The van der Waals surface area contributed by atoms with Gasteiger partial charge in [0.05, 0.1) is 31.2 Å². The molecular formula is C16H15ClN2O5. The first-order valence-electron chi connectivity index (χ1n) is 7.39. The maximum atomic E-state index is 12.8. The molecule has 0 aliphatic carbocycles. The van der Waals surface area contributed by atoms with Crippen LogP contribution in [0, 0.1) is 0 Å². The summed E-state index contributed by atoms with van der Waals surface area (Å²) < 4.78 is 5.26. The van der Waals surface area contributed by atoms with Gasteiger partial charge in [-0.05, 0) is 18.2 Å². The second-order valence-corrected chi connectivity index (χ2v) is 5.98. The quantitative estimate of drug-likeness (QED) is 0.873. The fraction of sp³-hybridized carbons (Fsp3) is 0.312. The Hall–Kier alpha value is -2.38. The van der Waals surface area contributed by atoms with Crippen LogP contribution in [-0.4, -0.2) is 52.7 Å². The summed E-state index contributed by atoms with van der Waals surface area (Å²) in [5.74, 6) is -1.52. The number of aromatic amines is 1. The number of carbonyl (C=O) groups excluding carboxylic acids is 1. The number of rotatable bonds is 3. The van der Waals surface area contributed by atoms with E-state index in [9.17, 15) is 14.4 Å². The number of amides is 1. The van der Waals surface area contributed by atoms with Gasteiger partial charge < -0.3 is 19.7 Å². The van der Waals surface area contributed by atoms with Crippen LogP contribution in [0.4, 0.5) is 0 Å². The standard InChI is InChI=1S/C16H15ClN2O5/c17-9-1-2-11-13(5-9)18-7-12(15(11)22)16(23)19-3-4-24-8-10(19)6-14(20)21/h1-2,5,7,10H,3-4,6,8H2,(H,18,22)(H,20,21)/t10-/m1/s1. The molecule has 1 aliphatic heterocycles. The number of nitrogens with one attached hydrogen (secondary N) is 1. The largest absolute Gasteiger partial charge is 0.481 e. The van der Waals surface area contributed by atoms with Gasteiger partial charge in [0.25, 0.3) is 5.91 Å². The van der Waals surface area contributed by atoms with E-state index in [-0.39, 0.29) is 25.1 Å². The minimum atomic E-state index is -1.02. The minimum Gasteiger partial charge on any atom is -0.481 e. The first kappa shape index (κ1) is 16.5. The van der Waals surface area contributed by atoms with Crippen LogP contribution in [0.2, 0.25) is 5.02 Å². The molecule has 1 fully saturated rings. The van der Waals surface area contributed by atoms with Crippen molar-refractivity contribution in [1.82, 2.24) is 9.88 Å². The molecular weight excluding hydrogens is 336 g/mol. The van der Waals surface area contributed by atoms with Crippen LogP contribution in [0.1, 0.15) is 16.8 Å². The molecule has 0 saturated carbocycles. The predicted octanol–water partition coefficient (Wildman–Crippen LogP) is 1.50. The van der Waals surface area contributed by atoms with Crippen molar-refractivity contribution in [2.45, 2.75) is 12.5 Å². The molecule has 2 heterocycles. The molecule has 1 saturated heterocycles. The average Bonchev–Trinajstić information content (AvgIpc) is 2.54. The number of nitrogens with zero attached hydrogens (tertiary/aromatic N) is 1. The number of hydrogen-bond acceptors (Lipinski definition) is 4. The van der Waals surface area contributed by atoms with E-state index in [0.717, 1.165) is 0 Å². The molecule has 24 heavy (non-hydrogen) atoms. The van der Waals surface area contributed by atoms with E-state index in [4.69, 9.17) is 21.4 Å². The van der Waals surface area contributed by atoms with E-state index >= 15 is 0 Å². The lowest BCUT2D eigenvalue weighted by atomic mass is 10.1. The van der Waals surface area contributed by atoms with E-state index in [2.05, 4.69) is 4.98 Å². The lowest BCUT2D eigenvalue weighted by Crippen LogP contribution is -2.50. The molecule has 1 aliphatic rings. The zero-order valence-corrected chi connectivity index (χ0v) is 13.4. The molecule has 126 valence electrons. The average molecular weight is 351 g/mol. The molecule has 2 N–H and O–H groups in total. The zero-order valence-electron chi connectivity index (χ0n) is 12.6. The van der Waals surface area contributed by atoms with Crippen LogP contribution in [0.3, 0.4) is 0 Å². The molecule has 7 nitrogen and oxygen atoms in total. The van der Waals surface area contributed by atoms with Crippen LogP contribution >= 0.6 is 11.6 Å². The van der Waals surface area contributed by atoms with Crippen LogP contribution in [0.25, 0.3) is 10.9 Å². The van der Waals surface area contributed by atoms with Crippen molar-refractivity contribution in [2.24, 2.45) is 0 Å². The monoisotopic (exact) mass is 350 g/mol. The number of ether oxygens (including phenoxy) is 1. The summed E-state index contributed by atoms with van der Waals surface area (Å²) in [7, 11) is 0. The predicted molar refractivity (Wildman–Crippen MR) is 87.5 cm³/mol. The Morgan fingerprint density at radius 2 is 2.21 bits per heavy atom. The van der Waals surface area contributed by atoms with Gasteiger partial charge >= 0.3 is 5.97 Å². The molecule has 0 radical (unpaired) electrons. The Kier molecular flexibility index (Phi) is 4.55. The maximum absolute atomic E-state index is 12.8. The lowest BCUT2D eigenvalue weighted by molar-refractivity contribution is -0.139. The molecule has 3 rings (SSSR count). The third-order valence-corrected chi connectivity index (χ3v) is 4.21. The summed E-state index contributed by atoms with van der Waals surface area (Å²) in [6, 6.07) is 4.15. The smallest absolute Gasteiger partial charge is 0.305 e. The van der Waals surface area contributed by atoms with Gasteiger partial charge in [0.1, 0.15) is 5.56 Å². The summed E-state index contributed by atoms with van der Waals surface area (Å²) >= 11 is 5.90. The SMILES string of the molecule is O=C(O)C[C@@H]1COCCN1C(=O)c1c[nH]c2cc(Cl)ccc2c1=O. The summed E-state index contributed by atoms with van der Waals surface area (Å²) in [6.45, 7) is 0.691.